The number of fused-ring (bicyclic) bond motifs is 1. The monoisotopic (exact) mass is 190 g/mol. The maximum Gasteiger partial charge on any atom is 0.233 e. The second-order valence-electron chi connectivity index (χ2n) is 4.11. The van der Waals surface area contributed by atoms with E-state index in [2.05, 4.69) is 24.1 Å². The van der Waals surface area contributed by atoms with Crippen molar-refractivity contribution in [2.45, 2.75) is 26.2 Å². The zero-order valence-electron chi connectivity index (χ0n) is 8.45. The minimum absolute atomic E-state index is 0.00120. The second kappa shape index (κ2) is 3.40. The van der Waals surface area contributed by atoms with Crippen molar-refractivity contribution in [3.8, 4) is 0 Å². The van der Waals surface area contributed by atoms with Gasteiger partial charge in [0.1, 0.15) is 5.82 Å². The first-order chi connectivity index (χ1) is 6.68. The number of carbonyl (C=O) groups excluding carboxylic acids is 1. The molecule has 1 aromatic rings. The topological polar surface area (TPSA) is 42.0 Å². The van der Waals surface area contributed by atoms with E-state index >= 15 is 0 Å². The molecule has 0 radical (unpaired) electrons. The first-order valence-electron chi connectivity index (χ1n) is 4.94. The molecule has 0 saturated heterocycles. The molecule has 0 spiro atoms. The van der Waals surface area contributed by atoms with E-state index in [4.69, 9.17) is 0 Å². The van der Waals surface area contributed by atoms with Crippen molar-refractivity contribution in [1.29, 1.82) is 0 Å². The molecule has 1 atom stereocenters. The highest BCUT2D eigenvalue weighted by atomic mass is 16.2. The predicted octanol–water partition coefficient (Wildman–Crippen LogP) is 2.16. The van der Waals surface area contributed by atoms with Crippen LogP contribution in [0.25, 0.3) is 0 Å². The highest BCUT2D eigenvalue weighted by molar-refractivity contribution is 6.01. The van der Waals surface area contributed by atoms with Crippen LogP contribution in [0.5, 0.6) is 0 Å². The smallest absolute Gasteiger partial charge is 0.233 e. The Labute approximate surface area is 83.5 Å². The van der Waals surface area contributed by atoms with Crippen LogP contribution >= 0.6 is 0 Å². The number of nitrogens with one attached hydrogen (secondary N) is 1. The third kappa shape index (κ3) is 1.50. The molecule has 0 fully saturated rings. The van der Waals surface area contributed by atoms with Gasteiger partial charge < -0.3 is 5.32 Å². The summed E-state index contributed by atoms with van der Waals surface area (Å²) in [7, 11) is 0. The van der Waals surface area contributed by atoms with Crippen LogP contribution in [0.2, 0.25) is 0 Å². The van der Waals surface area contributed by atoms with Gasteiger partial charge in [0.25, 0.3) is 0 Å². The molecule has 0 bridgehead atoms. The summed E-state index contributed by atoms with van der Waals surface area (Å²) in [6, 6.07) is 3.86. The van der Waals surface area contributed by atoms with Crippen molar-refractivity contribution in [1.82, 2.24) is 4.98 Å². The number of rotatable bonds is 2. The fourth-order valence-electron chi connectivity index (χ4n) is 1.85. The molecular formula is C11H14N2O. The summed E-state index contributed by atoms with van der Waals surface area (Å²) in [4.78, 5) is 15.8. The lowest BCUT2D eigenvalue weighted by molar-refractivity contribution is -0.117. The van der Waals surface area contributed by atoms with Gasteiger partial charge in [0.05, 0.1) is 5.92 Å². The van der Waals surface area contributed by atoms with E-state index in [1.54, 1.807) is 6.20 Å². The molecule has 74 valence electrons. The van der Waals surface area contributed by atoms with Crippen molar-refractivity contribution in [2.75, 3.05) is 5.32 Å². The van der Waals surface area contributed by atoms with E-state index in [0.717, 1.165) is 17.8 Å². The van der Waals surface area contributed by atoms with Gasteiger partial charge >= 0.3 is 0 Å². The molecule has 14 heavy (non-hydrogen) atoms. The molecule has 0 saturated carbocycles. The van der Waals surface area contributed by atoms with Crippen LogP contribution in [0.4, 0.5) is 5.82 Å². The van der Waals surface area contributed by atoms with Gasteiger partial charge in [0, 0.05) is 11.8 Å². The molecule has 0 aromatic carbocycles. The molecule has 1 amide bonds. The van der Waals surface area contributed by atoms with Gasteiger partial charge in [-0.05, 0) is 18.4 Å². The van der Waals surface area contributed by atoms with Crippen LogP contribution in [0.3, 0.4) is 0 Å². The van der Waals surface area contributed by atoms with Crippen molar-refractivity contribution in [3.63, 3.8) is 0 Å². The van der Waals surface area contributed by atoms with E-state index in [-0.39, 0.29) is 11.8 Å². The maximum absolute atomic E-state index is 11.6. The zero-order chi connectivity index (χ0) is 10.1. The number of hydrogen-bond acceptors (Lipinski definition) is 2. The Morgan fingerprint density at radius 1 is 1.57 bits per heavy atom. The lowest BCUT2D eigenvalue weighted by Crippen LogP contribution is -2.13. The third-order valence-electron chi connectivity index (χ3n) is 2.48. The lowest BCUT2D eigenvalue weighted by Gasteiger charge is -2.10. The van der Waals surface area contributed by atoms with Gasteiger partial charge in [-0.25, -0.2) is 4.98 Å². The Morgan fingerprint density at radius 3 is 3.07 bits per heavy atom. The Bertz CT molecular complexity index is 360. The zero-order valence-corrected chi connectivity index (χ0v) is 8.45. The average molecular weight is 190 g/mol. The lowest BCUT2D eigenvalue weighted by atomic mass is 9.92. The molecule has 3 heteroatoms. The van der Waals surface area contributed by atoms with Crippen LogP contribution in [0, 0.1) is 5.92 Å². The number of amides is 1. The summed E-state index contributed by atoms with van der Waals surface area (Å²) in [6.07, 6.45) is 2.60. The van der Waals surface area contributed by atoms with Crippen molar-refractivity contribution in [2.24, 2.45) is 5.92 Å². The van der Waals surface area contributed by atoms with Crippen LogP contribution < -0.4 is 5.32 Å². The van der Waals surface area contributed by atoms with Gasteiger partial charge in [-0.2, -0.15) is 0 Å². The Morgan fingerprint density at radius 2 is 2.36 bits per heavy atom. The quantitative estimate of drug-likeness (QED) is 0.776. The van der Waals surface area contributed by atoms with Gasteiger partial charge in [-0.3, -0.25) is 4.79 Å². The molecule has 1 aliphatic heterocycles. The molecule has 0 aliphatic carbocycles. The van der Waals surface area contributed by atoms with E-state index < -0.39 is 0 Å². The van der Waals surface area contributed by atoms with E-state index in [1.807, 2.05) is 12.1 Å². The third-order valence-corrected chi connectivity index (χ3v) is 2.48. The molecule has 2 heterocycles. The largest absolute Gasteiger partial charge is 0.310 e. The summed E-state index contributed by atoms with van der Waals surface area (Å²) in [6.45, 7) is 4.25. The van der Waals surface area contributed by atoms with Gasteiger partial charge in [0.15, 0.2) is 0 Å². The molecule has 3 nitrogen and oxygen atoms in total. The molecule has 1 aromatic heterocycles. The van der Waals surface area contributed by atoms with Crippen molar-refractivity contribution >= 4 is 11.7 Å². The normalized spacial score (nSPS) is 19.6. The molecule has 1 N–H and O–H groups in total. The highest BCUT2D eigenvalue weighted by Crippen LogP contribution is 2.34. The summed E-state index contributed by atoms with van der Waals surface area (Å²) in [5.41, 5.74) is 1.05. The predicted molar refractivity (Wildman–Crippen MR) is 55.1 cm³/mol. The molecule has 1 aliphatic rings. The summed E-state index contributed by atoms with van der Waals surface area (Å²) >= 11 is 0. The SMILES string of the molecule is CC(C)CC1C(=O)Nc2ncccc21. The van der Waals surface area contributed by atoms with Crippen molar-refractivity contribution in [3.05, 3.63) is 23.9 Å². The van der Waals surface area contributed by atoms with E-state index in [0.29, 0.717) is 5.92 Å². The Kier molecular flexibility index (Phi) is 2.23. The van der Waals surface area contributed by atoms with Crippen molar-refractivity contribution < 1.29 is 4.79 Å². The average Bonchev–Trinajstić information content (AvgIpc) is 2.43. The van der Waals surface area contributed by atoms with E-state index in [1.165, 1.54) is 0 Å². The fraction of sp³-hybridized carbons (Fsp3) is 0.455. The number of anilines is 1. The molecule has 2 rings (SSSR count). The number of nitrogens with zero attached hydrogens (tertiary/aromatic N) is 1. The van der Waals surface area contributed by atoms with Crippen LogP contribution in [-0.2, 0) is 4.79 Å². The molecule has 1 unspecified atom stereocenters. The minimum Gasteiger partial charge on any atom is -0.310 e. The first-order valence-corrected chi connectivity index (χ1v) is 4.94. The number of pyridine rings is 1. The Hall–Kier alpha value is -1.38. The maximum atomic E-state index is 11.6. The van der Waals surface area contributed by atoms with Crippen LogP contribution in [-0.4, -0.2) is 10.9 Å². The standard InChI is InChI=1S/C11H14N2O/c1-7(2)6-9-8-4-3-5-12-10(8)13-11(9)14/h3-5,7,9H,6H2,1-2H3,(H,12,13,14). The Balaban J connectivity index is 2.30. The molecular weight excluding hydrogens is 176 g/mol. The summed E-state index contributed by atoms with van der Waals surface area (Å²) in [5.74, 6) is 1.35. The van der Waals surface area contributed by atoms with Gasteiger partial charge in [0.2, 0.25) is 5.91 Å². The number of carbonyl (C=O) groups is 1. The summed E-state index contributed by atoms with van der Waals surface area (Å²) < 4.78 is 0. The van der Waals surface area contributed by atoms with Crippen LogP contribution in [0.1, 0.15) is 31.7 Å². The second-order valence-corrected chi connectivity index (χ2v) is 4.11. The van der Waals surface area contributed by atoms with Gasteiger partial charge in [-0.1, -0.05) is 19.9 Å². The number of aromatic nitrogens is 1. The first kappa shape index (κ1) is 9.19. The minimum atomic E-state index is -0.00120. The number of hydrogen-bond donors (Lipinski definition) is 1. The summed E-state index contributed by atoms with van der Waals surface area (Å²) in [5, 5.41) is 2.80. The van der Waals surface area contributed by atoms with Gasteiger partial charge in [-0.15, -0.1) is 0 Å². The van der Waals surface area contributed by atoms with Crippen LogP contribution in [0.15, 0.2) is 18.3 Å². The fourth-order valence-corrected chi connectivity index (χ4v) is 1.85. The van der Waals surface area contributed by atoms with E-state index in [9.17, 15) is 4.79 Å². The highest BCUT2D eigenvalue weighted by Gasteiger charge is 2.31.